The Balaban J connectivity index is 1.55. The van der Waals surface area contributed by atoms with Crippen molar-refractivity contribution in [3.8, 4) is 11.5 Å². The van der Waals surface area contributed by atoms with Crippen LogP contribution < -0.4 is 14.8 Å². The van der Waals surface area contributed by atoms with Crippen LogP contribution in [0.2, 0.25) is 0 Å². The molecule has 1 aromatic rings. The molecule has 2 aliphatic rings. The molecule has 0 radical (unpaired) electrons. The second-order valence-electron chi connectivity index (χ2n) is 5.54. The number of carbonyl (C=O) groups is 1. The molecule has 1 saturated heterocycles. The molecule has 1 N–H and O–H groups in total. The Bertz CT molecular complexity index is 683. The molecule has 2 aliphatic heterocycles. The maximum absolute atomic E-state index is 12.1. The van der Waals surface area contributed by atoms with Gasteiger partial charge in [-0.3, -0.25) is 4.79 Å². The smallest absolute Gasteiger partial charge is 0.251 e. The van der Waals surface area contributed by atoms with Crippen molar-refractivity contribution >= 4 is 15.9 Å². The van der Waals surface area contributed by atoms with E-state index in [9.17, 15) is 13.2 Å². The van der Waals surface area contributed by atoms with Crippen molar-refractivity contribution in [2.45, 2.75) is 12.8 Å². The van der Waals surface area contributed by atoms with Crippen molar-refractivity contribution < 1.29 is 22.7 Å². The Morgan fingerprint density at radius 2 is 1.83 bits per heavy atom. The standard InChI is InChI=1S/C15H20N2O5S/c18-15(12-3-4-13-14(11-12)22-9-8-21-13)16-5-10-23(19,20)17-6-1-2-7-17/h3-4,11H,1-2,5-10H2,(H,16,18). The lowest BCUT2D eigenvalue weighted by Gasteiger charge is -2.19. The molecule has 126 valence electrons. The number of nitrogens with one attached hydrogen (secondary N) is 1. The summed E-state index contributed by atoms with van der Waals surface area (Å²) in [6, 6.07) is 4.93. The molecule has 7 nitrogen and oxygen atoms in total. The summed E-state index contributed by atoms with van der Waals surface area (Å²) in [4.78, 5) is 12.1. The average Bonchev–Trinajstić information content (AvgIpc) is 3.09. The van der Waals surface area contributed by atoms with Gasteiger partial charge in [-0.25, -0.2) is 12.7 Å². The third-order valence-electron chi connectivity index (χ3n) is 3.91. The van der Waals surface area contributed by atoms with E-state index >= 15 is 0 Å². The van der Waals surface area contributed by atoms with Gasteiger partial charge in [-0.15, -0.1) is 0 Å². The van der Waals surface area contributed by atoms with Crippen molar-refractivity contribution in [2.75, 3.05) is 38.6 Å². The van der Waals surface area contributed by atoms with Crippen LogP contribution in [-0.2, 0) is 10.0 Å². The van der Waals surface area contributed by atoms with E-state index in [0.29, 0.717) is 43.4 Å². The van der Waals surface area contributed by atoms with Crippen molar-refractivity contribution in [1.82, 2.24) is 9.62 Å². The first-order valence-corrected chi connectivity index (χ1v) is 9.33. The third kappa shape index (κ3) is 3.76. The maximum atomic E-state index is 12.1. The number of fused-ring (bicyclic) bond motifs is 1. The van der Waals surface area contributed by atoms with Gasteiger partial charge in [0.25, 0.3) is 5.91 Å². The molecule has 1 fully saturated rings. The van der Waals surface area contributed by atoms with E-state index in [1.807, 2.05) is 0 Å². The lowest BCUT2D eigenvalue weighted by atomic mass is 10.2. The van der Waals surface area contributed by atoms with Crippen LogP contribution in [0, 0.1) is 0 Å². The number of amides is 1. The number of carbonyl (C=O) groups excluding carboxylic acids is 1. The number of rotatable bonds is 5. The molecular formula is C15H20N2O5S. The fourth-order valence-electron chi connectivity index (χ4n) is 2.68. The molecule has 0 unspecified atom stereocenters. The van der Waals surface area contributed by atoms with Crippen LogP contribution in [0.3, 0.4) is 0 Å². The zero-order chi connectivity index (χ0) is 16.3. The van der Waals surface area contributed by atoms with Crippen LogP contribution in [0.1, 0.15) is 23.2 Å². The Kier molecular flexibility index (Phi) is 4.72. The van der Waals surface area contributed by atoms with Gasteiger partial charge >= 0.3 is 0 Å². The van der Waals surface area contributed by atoms with Crippen molar-refractivity contribution in [3.63, 3.8) is 0 Å². The number of benzene rings is 1. The van der Waals surface area contributed by atoms with Gasteiger partial charge in [0.15, 0.2) is 11.5 Å². The third-order valence-corrected chi connectivity index (χ3v) is 5.78. The van der Waals surface area contributed by atoms with Gasteiger partial charge in [-0.1, -0.05) is 0 Å². The number of sulfonamides is 1. The Morgan fingerprint density at radius 3 is 2.57 bits per heavy atom. The average molecular weight is 340 g/mol. The molecule has 0 aromatic heterocycles. The molecule has 0 atom stereocenters. The molecule has 23 heavy (non-hydrogen) atoms. The van der Waals surface area contributed by atoms with Gasteiger partial charge < -0.3 is 14.8 Å². The quantitative estimate of drug-likeness (QED) is 0.849. The molecule has 8 heteroatoms. The minimum absolute atomic E-state index is 0.0801. The molecule has 0 aliphatic carbocycles. The highest BCUT2D eigenvalue weighted by molar-refractivity contribution is 7.89. The summed E-state index contributed by atoms with van der Waals surface area (Å²) in [6.45, 7) is 2.20. The van der Waals surface area contributed by atoms with Crippen molar-refractivity contribution in [2.24, 2.45) is 0 Å². The van der Waals surface area contributed by atoms with Gasteiger partial charge in [0, 0.05) is 25.2 Å². The van der Waals surface area contributed by atoms with E-state index in [2.05, 4.69) is 5.32 Å². The molecule has 2 heterocycles. The second kappa shape index (κ2) is 6.76. The summed E-state index contributed by atoms with van der Waals surface area (Å²) in [5.74, 6) is 0.750. The fraction of sp³-hybridized carbons (Fsp3) is 0.533. The Morgan fingerprint density at radius 1 is 1.13 bits per heavy atom. The van der Waals surface area contributed by atoms with Crippen LogP contribution in [0.5, 0.6) is 11.5 Å². The molecule has 3 rings (SSSR count). The summed E-state index contributed by atoms with van der Waals surface area (Å²) < 4.78 is 36.5. The summed E-state index contributed by atoms with van der Waals surface area (Å²) in [6.07, 6.45) is 1.81. The van der Waals surface area contributed by atoms with Crippen LogP contribution in [0.25, 0.3) is 0 Å². The lowest BCUT2D eigenvalue weighted by molar-refractivity contribution is 0.0955. The summed E-state index contributed by atoms with van der Waals surface area (Å²) in [7, 11) is -3.28. The van der Waals surface area contributed by atoms with E-state index < -0.39 is 10.0 Å². The zero-order valence-corrected chi connectivity index (χ0v) is 13.6. The zero-order valence-electron chi connectivity index (χ0n) is 12.8. The number of hydrogen-bond acceptors (Lipinski definition) is 5. The molecule has 0 saturated carbocycles. The predicted molar refractivity (Wildman–Crippen MR) is 84.4 cm³/mol. The first kappa shape index (κ1) is 16.1. The van der Waals surface area contributed by atoms with Crippen LogP contribution in [0.4, 0.5) is 0 Å². The molecule has 1 amide bonds. The largest absolute Gasteiger partial charge is 0.486 e. The SMILES string of the molecule is O=C(NCCS(=O)(=O)N1CCCC1)c1ccc2c(c1)OCCO2. The first-order chi connectivity index (χ1) is 11.1. The van der Waals surface area contributed by atoms with Gasteiger partial charge in [0.05, 0.1) is 5.75 Å². The van der Waals surface area contributed by atoms with Gasteiger partial charge in [0.2, 0.25) is 10.0 Å². The number of nitrogens with zero attached hydrogens (tertiary/aromatic N) is 1. The first-order valence-electron chi connectivity index (χ1n) is 7.72. The topological polar surface area (TPSA) is 84.9 Å². The summed E-state index contributed by atoms with van der Waals surface area (Å²) in [5, 5.41) is 2.64. The van der Waals surface area contributed by atoms with Crippen LogP contribution in [-0.4, -0.2) is 57.2 Å². The number of ether oxygens (including phenoxy) is 2. The fourth-order valence-corrected chi connectivity index (χ4v) is 4.11. The van der Waals surface area contributed by atoms with E-state index in [4.69, 9.17) is 9.47 Å². The summed E-state index contributed by atoms with van der Waals surface area (Å²) >= 11 is 0. The van der Waals surface area contributed by atoms with E-state index in [1.54, 1.807) is 18.2 Å². The van der Waals surface area contributed by atoms with E-state index in [1.165, 1.54) is 4.31 Å². The summed E-state index contributed by atoms with van der Waals surface area (Å²) in [5.41, 5.74) is 0.424. The highest BCUT2D eigenvalue weighted by atomic mass is 32.2. The highest BCUT2D eigenvalue weighted by Crippen LogP contribution is 2.30. The minimum Gasteiger partial charge on any atom is -0.486 e. The Labute approximate surface area is 135 Å². The number of hydrogen-bond donors (Lipinski definition) is 1. The van der Waals surface area contributed by atoms with Gasteiger partial charge in [-0.05, 0) is 31.0 Å². The van der Waals surface area contributed by atoms with Gasteiger partial charge in [-0.2, -0.15) is 0 Å². The van der Waals surface area contributed by atoms with E-state index in [-0.39, 0.29) is 18.2 Å². The maximum Gasteiger partial charge on any atom is 0.251 e. The molecular weight excluding hydrogens is 320 g/mol. The van der Waals surface area contributed by atoms with Crippen LogP contribution >= 0.6 is 0 Å². The Hall–Kier alpha value is -1.80. The second-order valence-corrected chi connectivity index (χ2v) is 7.62. The molecule has 0 bridgehead atoms. The van der Waals surface area contributed by atoms with Crippen molar-refractivity contribution in [3.05, 3.63) is 23.8 Å². The monoisotopic (exact) mass is 340 g/mol. The van der Waals surface area contributed by atoms with Gasteiger partial charge in [0.1, 0.15) is 13.2 Å². The normalized spacial score (nSPS) is 17.9. The molecule has 0 spiro atoms. The lowest BCUT2D eigenvalue weighted by Crippen LogP contribution is -2.36. The highest BCUT2D eigenvalue weighted by Gasteiger charge is 2.25. The predicted octanol–water partition coefficient (Wildman–Crippen LogP) is 0.613. The minimum atomic E-state index is -3.28. The van der Waals surface area contributed by atoms with Crippen LogP contribution in [0.15, 0.2) is 18.2 Å². The van der Waals surface area contributed by atoms with E-state index in [0.717, 1.165) is 12.8 Å². The molecule has 1 aromatic carbocycles. The van der Waals surface area contributed by atoms with Crippen molar-refractivity contribution in [1.29, 1.82) is 0 Å².